The Morgan fingerprint density at radius 1 is 1.25 bits per heavy atom. The number of pyridine rings is 1. The summed E-state index contributed by atoms with van der Waals surface area (Å²) in [7, 11) is 1.85. The number of anilines is 3. The van der Waals surface area contributed by atoms with Gasteiger partial charge in [0, 0.05) is 48.3 Å². The Hall–Kier alpha value is -3.66. The number of nitrogens with two attached hydrogens (primary N) is 1. The molecule has 0 saturated heterocycles. The molecule has 0 unspecified atom stereocenters. The van der Waals surface area contributed by atoms with Crippen LogP contribution in [0.15, 0.2) is 42.9 Å². The van der Waals surface area contributed by atoms with Gasteiger partial charge in [-0.25, -0.2) is 0 Å². The number of nitrogen functional groups attached to an aromatic ring is 1. The van der Waals surface area contributed by atoms with Crippen LogP contribution in [0.25, 0.3) is 0 Å². The number of aromatic nitrogens is 3. The maximum Gasteiger partial charge on any atom is 0.101 e. The van der Waals surface area contributed by atoms with E-state index in [-0.39, 0.29) is 0 Å². The molecule has 2 aromatic heterocycles. The molecule has 28 heavy (non-hydrogen) atoms. The minimum absolute atomic E-state index is 0.664. The van der Waals surface area contributed by atoms with Crippen LogP contribution >= 0.6 is 0 Å². The first-order valence-electron chi connectivity index (χ1n) is 9.12. The fraction of sp³-hybridized carbons (Fsp3) is 0.238. The first-order chi connectivity index (χ1) is 13.6. The van der Waals surface area contributed by atoms with E-state index in [1.165, 1.54) is 30.3 Å². The molecule has 1 aliphatic rings. The molecule has 4 N–H and O–H groups in total. The van der Waals surface area contributed by atoms with E-state index in [2.05, 4.69) is 21.5 Å². The maximum atomic E-state index is 8.65. The zero-order valence-electron chi connectivity index (χ0n) is 15.8. The number of benzene rings is 1. The van der Waals surface area contributed by atoms with E-state index in [0.717, 1.165) is 29.8 Å². The normalized spacial score (nSPS) is 12.1. The summed E-state index contributed by atoms with van der Waals surface area (Å²) in [6.07, 6.45) is 11.2. The fourth-order valence-corrected chi connectivity index (χ4v) is 3.10. The standard InChI is InChI=1S/C11H13N5.C10H10N2/c1-16-7-10(6-14-16)15-11-4-9(13)3-2-8(11)5-12;11-6-8-5-9-3-1-2-4-10(9)12-7-8/h2-7,12,15H,13H2,1H3;5,7H,1-4H2. The number of nitriles is 1. The zero-order valence-corrected chi connectivity index (χ0v) is 15.8. The quantitative estimate of drug-likeness (QED) is 0.479. The van der Waals surface area contributed by atoms with Crippen LogP contribution in [0.2, 0.25) is 0 Å². The zero-order chi connectivity index (χ0) is 19.9. The number of fused-ring (bicyclic) bond motifs is 1. The van der Waals surface area contributed by atoms with Gasteiger partial charge < -0.3 is 16.5 Å². The van der Waals surface area contributed by atoms with Crippen molar-refractivity contribution in [2.45, 2.75) is 25.7 Å². The van der Waals surface area contributed by atoms with E-state index in [4.69, 9.17) is 16.4 Å². The number of hydrogen-bond donors (Lipinski definition) is 3. The topological polar surface area (TPSA) is 116 Å². The molecule has 0 amide bonds. The van der Waals surface area contributed by atoms with Crippen LogP contribution in [0.1, 0.15) is 35.2 Å². The fourth-order valence-electron chi connectivity index (χ4n) is 3.10. The van der Waals surface area contributed by atoms with Crippen molar-refractivity contribution in [2.24, 2.45) is 7.05 Å². The summed E-state index contributed by atoms with van der Waals surface area (Å²) in [5.41, 5.74) is 12.0. The first kappa shape index (κ1) is 19.1. The lowest BCUT2D eigenvalue weighted by Gasteiger charge is -2.13. The molecule has 0 bridgehead atoms. The van der Waals surface area contributed by atoms with E-state index >= 15 is 0 Å². The van der Waals surface area contributed by atoms with Crippen molar-refractivity contribution < 1.29 is 0 Å². The summed E-state index contributed by atoms with van der Waals surface area (Å²) in [5.74, 6) is 0. The Balaban J connectivity index is 0.000000167. The van der Waals surface area contributed by atoms with Crippen LogP contribution in [0.4, 0.5) is 17.1 Å². The molecule has 0 saturated carbocycles. The van der Waals surface area contributed by atoms with Gasteiger partial charge in [0.1, 0.15) is 6.07 Å². The van der Waals surface area contributed by atoms with Crippen molar-refractivity contribution in [2.75, 3.05) is 11.1 Å². The second-order valence-electron chi connectivity index (χ2n) is 6.67. The van der Waals surface area contributed by atoms with Gasteiger partial charge in [-0.15, -0.1) is 0 Å². The molecule has 1 aliphatic carbocycles. The third kappa shape index (κ3) is 4.74. The number of rotatable bonds is 3. The first-order valence-corrected chi connectivity index (χ1v) is 9.12. The minimum atomic E-state index is 0.664. The molecular weight excluding hydrogens is 350 g/mol. The minimum Gasteiger partial charge on any atom is -0.399 e. The van der Waals surface area contributed by atoms with Crippen LogP contribution in [0.5, 0.6) is 0 Å². The van der Waals surface area contributed by atoms with Crippen molar-refractivity contribution in [1.29, 1.82) is 10.7 Å². The van der Waals surface area contributed by atoms with Gasteiger partial charge in [-0.3, -0.25) is 9.67 Å². The summed E-state index contributed by atoms with van der Waals surface area (Å²) in [4.78, 5) is 4.27. The number of nitrogens with one attached hydrogen (secondary N) is 2. The van der Waals surface area contributed by atoms with Gasteiger partial charge in [0.2, 0.25) is 0 Å². The smallest absolute Gasteiger partial charge is 0.101 e. The molecule has 7 nitrogen and oxygen atoms in total. The van der Waals surface area contributed by atoms with E-state index in [0.29, 0.717) is 11.3 Å². The Morgan fingerprint density at radius 3 is 2.79 bits per heavy atom. The second kappa shape index (κ2) is 8.82. The second-order valence-corrected chi connectivity index (χ2v) is 6.67. The highest BCUT2D eigenvalue weighted by molar-refractivity contribution is 5.88. The molecule has 0 radical (unpaired) electrons. The van der Waals surface area contributed by atoms with Crippen LogP contribution in [0.3, 0.4) is 0 Å². The molecule has 0 fully saturated rings. The lowest BCUT2D eigenvalue weighted by atomic mass is 9.95. The van der Waals surface area contributed by atoms with E-state index in [1.54, 1.807) is 35.3 Å². The molecule has 3 aromatic rings. The lowest BCUT2D eigenvalue weighted by Crippen LogP contribution is -2.05. The average Bonchev–Trinajstić information content (AvgIpc) is 3.13. The third-order valence-corrected chi connectivity index (χ3v) is 4.52. The van der Waals surface area contributed by atoms with Crippen LogP contribution in [-0.4, -0.2) is 21.0 Å². The summed E-state index contributed by atoms with van der Waals surface area (Å²) < 4.78 is 1.71. The summed E-state index contributed by atoms with van der Waals surface area (Å²) in [6.45, 7) is 0. The molecule has 2 heterocycles. The van der Waals surface area contributed by atoms with Crippen molar-refractivity contribution >= 4 is 23.3 Å². The van der Waals surface area contributed by atoms with Gasteiger partial charge in [-0.1, -0.05) is 0 Å². The summed E-state index contributed by atoms with van der Waals surface area (Å²) >= 11 is 0. The monoisotopic (exact) mass is 373 g/mol. The molecule has 142 valence electrons. The van der Waals surface area contributed by atoms with Gasteiger partial charge in [-0.2, -0.15) is 10.4 Å². The van der Waals surface area contributed by atoms with Crippen molar-refractivity contribution in [3.63, 3.8) is 0 Å². The van der Waals surface area contributed by atoms with Crippen LogP contribution in [0, 0.1) is 16.7 Å². The molecule has 0 spiro atoms. The van der Waals surface area contributed by atoms with Gasteiger partial charge in [0.25, 0.3) is 0 Å². The van der Waals surface area contributed by atoms with Crippen molar-refractivity contribution in [3.8, 4) is 6.07 Å². The Labute approximate surface area is 164 Å². The van der Waals surface area contributed by atoms with Crippen LogP contribution < -0.4 is 11.1 Å². The van der Waals surface area contributed by atoms with E-state index in [9.17, 15) is 0 Å². The van der Waals surface area contributed by atoms with Gasteiger partial charge >= 0.3 is 0 Å². The average molecular weight is 373 g/mol. The highest BCUT2D eigenvalue weighted by Gasteiger charge is 2.10. The van der Waals surface area contributed by atoms with Gasteiger partial charge in [0.05, 0.1) is 17.4 Å². The van der Waals surface area contributed by atoms with E-state index < -0.39 is 0 Å². The van der Waals surface area contributed by atoms with Crippen molar-refractivity contribution in [3.05, 3.63) is 65.2 Å². The molecule has 0 aliphatic heterocycles. The third-order valence-electron chi connectivity index (χ3n) is 4.52. The number of nitrogens with zero attached hydrogens (tertiary/aromatic N) is 4. The number of aryl methyl sites for hydroxylation is 3. The summed E-state index contributed by atoms with van der Waals surface area (Å²) in [5, 5.41) is 23.2. The SMILES string of the molecule is Cn1cc(Nc2cc(N)ccc2C=N)cn1.N#Cc1cnc2c(c1)CCCC2. The molecule has 4 rings (SSSR count). The predicted octanol–water partition coefficient (Wildman–Crippen LogP) is 3.58. The maximum absolute atomic E-state index is 8.65. The van der Waals surface area contributed by atoms with Crippen molar-refractivity contribution in [1.82, 2.24) is 14.8 Å². The highest BCUT2D eigenvalue weighted by Crippen LogP contribution is 2.22. The Morgan fingerprint density at radius 2 is 2.07 bits per heavy atom. The van der Waals surface area contributed by atoms with Gasteiger partial charge in [-0.05, 0) is 55.5 Å². The molecule has 7 heteroatoms. The molecule has 0 atom stereocenters. The molecular formula is C21H23N7. The predicted molar refractivity (Wildman–Crippen MR) is 111 cm³/mol. The van der Waals surface area contributed by atoms with E-state index in [1.807, 2.05) is 19.3 Å². The number of hydrogen-bond acceptors (Lipinski definition) is 6. The Kier molecular flexibility index (Phi) is 6.02. The Bertz CT molecular complexity index is 1010. The summed E-state index contributed by atoms with van der Waals surface area (Å²) in [6, 6.07) is 9.47. The van der Waals surface area contributed by atoms with Gasteiger partial charge in [0.15, 0.2) is 0 Å². The van der Waals surface area contributed by atoms with Crippen LogP contribution in [-0.2, 0) is 19.9 Å². The largest absolute Gasteiger partial charge is 0.399 e. The molecule has 1 aromatic carbocycles. The lowest BCUT2D eigenvalue weighted by molar-refractivity contribution is 0.667. The highest BCUT2D eigenvalue weighted by atomic mass is 15.3.